The zero-order valence-electron chi connectivity index (χ0n) is 9.08. The van der Waals surface area contributed by atoms with Crippen molar-refractivity contribution in [2.45, 2.75) is 26.1 Å². The first-order valence-electron chi connectivity index (χ1n) is 4.74. The zero-order valence-corrected chi connectivity index (χ0v) is 9.89. The SMILES string of the molecule is CC(C)[C@H](Nc1ncc(C(F)(F)F)s1)C(=O)O. The summed E-state index contributed by atoms with van der Waals surface area (Å²) in [6.45, 7) is 3.31. The van der Waals surface area contributed by atoms with Crippen molar-refractivity contribution in [2.75, 3.05) is 5.32 Å². The number of anilines is 1. The Kier molecular flexibility index (Phi) is 3.97. The second-order valence-corrected chi connectivity index (χ2v) is 4.76. The maximum atomic E-state index is 12.3. The molecule has 2 N–H and O–H groups in total. The summed E-state index contributed by atoms with van der Waals surface area (Å²) < 4.78 is 36.8. The molecule has 0 aliphatic heterocycles. The van der Waals surface area contributed by atoms with Crippen LogP contribution in [0.3, 0.4) is 0 Å². The van der Waals surface area contributed by atoms with Crippen LogP contribution in [0.15, 0.2) is 6.20 Å². The molecule has 0 unspecified atom stereocenters. The maximum Gasteiger partial charge on any atom is 0.427 e. The fourth-order valence-corrected chi connectivity index (χ4v) is 1.84. The topological polar surface area (TPSA) is 62.2 Å². The molecule has 0 radical (unpaired) electrons. The van der Waals surface area contributed by atoms with Crippen LogP contribution in [0.2, 0.25) is 0 Å². The molecule has 17 heavy (non-hydrogen) atoms. The second kappa shape index (κ2) is 4.91. The molecule has 1 rings (SSSR count). The smallest absolute Gasteiger partial charge is 0.427 e. The van der Waals surface area contributed by atoms with Crippen LogP contribution in [-0.4, -0.2) is 22.1 Å². The van der Waals surface area contributed by atoms with E-state index in [0.717, 1.165) is 0 Å². The van der Waals surface area contributed by atoms with Crippen molar-refractivity contribution in [3.05, 3.63) is 11.1 Å². The molecule has 0 saturated carbocycles. The molecule has 0 saturated heterocycles. The highest BCUT2D eigenvalue weighted by molar-refractivity contribution is 7.15. The van der Waals surface area contributed by atoms with Crippen molar-refractivity contribution >= 4 is 22.4 Å². The van der Waals surface area contributed by atoms with Gasteiger partial charge >= 0.3 is 12.1 Å². The Morgan fingerprint density at radius 3 is 2.47 bits per heavy atom. The van der Waals surface area contributed by atoms with E-state index >= 15 is 0 Å². The summed E-state index contributed by atoms with van der Waals surface area (Å²) >= 11 is 0.392. The first kappa shape index (κ1) is 13.8. The molecule has 0 aliphatic carbocycles. The van der Waals surface area contributed by atoms with Crippen LogP contribution in [0.5, 0.6) is 0 Å². The lowest BCUT2D eigenvalue weighted by Gasteiger charge is -2.16. The van der Waals surface area contributed by atoms with Gasteiger partial charge in [-0.3, -0.25) is 0 Å². The minimum atomic E-state index is -4.45. The number of carboxylic acid groups (broad SMARTS) is 1. The van der Waals surface area contributed by atoms with Crippen molar-refractivity contribution in [2.24, 2.45) is 5.92 Å². The average molecular weight is 268 g/mol. The van der Waals surface area contributed by atoms with Gasteiger partial charge in [-0.25, -0.2) is 9.78 Å². The first-order valence-corrected chi connectivity index (χ1v) is 5.56. The Morgan fingerprint density at radius 2 is 2.12 bits per heavy atom. The van der Waals surface area contributed by atoms with Gasteiger partial charge in [0.15, 0.2) is 5.13 Å². The molecule has 1 heterocycles. The van der Waals surface area contributed by atoms with Gasteiger partial charge < -0.3 is 10.4 Å². The Morgan fingerprint density at radius 1 is 1.53 bits per heavy atom. The lowest BCUT2D eigenvalue weighted by atomic mass is 10.1. The van der Waals surface area contributed by atoms with E-state index in [-0.39, 0.29) is 11.0 Å². The summed E-state index contributed by atoms with van der Waals surface area (Å²) in [5.74, 6) is -1.38. The third-order valence-electron chi connectivity index (χ3n) is 2.00. The number of thiazole rings is 1. The zero-order chi connectivity index (χ0) is 13.2. The Bertz CT molecular complexity index is 403. The molecule has 96 valence electrons. The predicted molar refractivity (Wildman–Crippen MR) is 57.0 cm³/mol. The fraction of sp³-hybridized carbons (Fsp3) is 0.556. The van der Waals surface area contributed by atoms with Crippen molar-refractivity contribution in [3.8, 4) is 0 Å². The normalized spacial score (nSPS) is 13.8. The molecule has 0 spiro atoms. The van der Waals surface area contributed by atoms with E-state index in [1.165, 1.54) is 0 Å². The summed E-state index contributed by atoms with van der Waals surface area (Å²) in [6, 6.07) is -0.956. The number of aliphatic carboxylic acids is 1. The summed E-state index contributed by atoms with van der Waals surface area (Å²) in [5.41, 5.74) is 0. The highest BCUT2D eigenvalue weighted by Crippen LogP contribution is 2.35. The molecule has 0 bridgehead atoms. The van der Waals surface area contributed by atoms with Crippen molar-refractivity contribution in [3.63, 3.8) is 0 Å². The van der Waals surface area contributed by atoms with Crippen LogP contribution in [0.25, 0.3) is 0 Å². The number of carboxylic acids is 1. The molecule has 8 heteroatoms. The lowest BCUT2D eigenvalue weighted by molar-refractivity contribution is -0.139. The van der Waals surface area contributed by atoms with Gasteiger partial charge in [-0.15, -0.1) is 0 Å². The van der Waals surface area contributed by atoms with Gasteiger partial charge in [-0.1, -0.05) is 25.2 Å². The second-order valence-electron chi connectivity index (χ2n) is 3.73. The summed E-state index contributed by atoms with van der Waals surface area (Å²) in [6.07, 6.45) is -3.76. The standard InChI is InChI=1S/C9H11F3N2O2S/c1-4(2)6(7(15)16)14-8-13-3-5(17-8)9(10,11)12/h3-4,6H,1-2H3,(H,13,14)(H,15,16)/t6-/m0/s1. The van der Waals surface area contributed by atoms with Gasteiger partial charge in [0.05, 0.1) is 6.20 Å². The Balaban J connectivity index is 2.81. The number of rotatable bonds is 4. The van der Waals surface area contributed by atoms with Crippen LogP contribution in [0.1, 0.15) is 18.7 Å². The molecule has 0 amide bonds. The third-order valence-corrected chi connectivity index (χ3v) is 2.97. The summed E-state index contributed by atoms with van der Waals surface area (Å²) in [5, 5.41) is 11.3. The molecule has 0 aromatic carbocycles. The van der Waals surface area contributed by atoms with Crippen LogP contribution in [0, 0.1) is 5.92 Å². The highest BCUT2D eigenvalue weighted by Gasteiger charge is 2.34. The summed E-state index contributed by atoms with van der Waals surface area (Å²) in [7, 11) is 0. The molecule has 4 nitrogen and oxygen atoms in total. The van der Waals surface area contributed by atoms with Crippen LogP contribution < -0.4 is 5.32 Å². The summed E-state index contributed by atoms with van der Waals surface area (Å²) in [4.78, 5) is 13.5. The lowest BCUT2D eigenvalue weighted by Crippen LogP contribution is -2.34. The number of aromatic nitrogens is 1. The fourth-order valence-electron chi connectivity index (χ4n) is 1.12. The molecule has 0 fully saturated rings. The number of nitrogens with zero attached hydrogens (tertiary/aromatic N) is 1. The van der Waals surface area contributed by atoms with Crippen molar-refractivity contribution < 1.29 is 23.1 Å². The Hall–Kier alpha value is -1.31. The number of halogens is 3. The monoisotopic (exact) mass is 268 g/mol. The molecule has 1 atom stereocenters. The van der Waals surface area contributed by atoms with Crippen LogP contribution in [0.4, 0.5) is 18.3 Å². The van der Waals surface area contributed by atoms with E-state index in [4.69, 9.17) is 5.11 Å². The number of hydrogen-bond acceptors (Lipinski definition) is 4. The molecular formula is C9H11F3N2O2S. The molecule has 1 aromatic rings. The minimum Gasteiger partial charge on any atom is -0.480 e. The van der Waals surface area contributed by atoms with E-state index in [9.17, 15) is 18.0 Å². The van der Waals surface area contributed by atoms with Gasteiger partial charge in [0, 0.05) is 0 Å². The van der Waals surface area contributed by atoms with E-state index in [0.29, 0.717) is 17.5 Å². The van der Waals surface area contributed by atoms with Gasteiger partial charge in [-0.2, -0.15) is 13.2 Å². The van der Waals surface area contributed by atoms with Crippen LogP contribution in [-0.2, 0) is 11.0 Å². The highest BCUT2D eigenvalue weighted by atomic mass is 32.1. The maximum absolute atomic E-state index is 12.3. The van der Waals surface area contributed by atoms with E-state index in [1.807, 2.05) is 0 Å². The Labute approximate surface area is 99.5 Å². The quantitative estimate of drug-likeness (QED) is 0.881. The van der Waals surface area contributed by atoms with E-state index in [1.54, 1.807) is 13.8 Å². The van der Waals surface area contributed by atoms with E-state index in [2.05, 4.69) is 10.3 Å². The molecular weight excluding hydrogens is 257 g/mol. The predicted octanol–water partition coefficient (Wildman–Crippen LogP) is 2.68. The number of alkyl halides is 3. The number of nitrogens with one attached hydrogen (secondary N) is 1. The van der Waals surface area contributed by atoms with E-state index < -0.39 is 23.1 Å². The number of carbonyl (C=O) groups is 1. The molecule has 0 aliphatic rings. The van der Waals surface area contributed by atoms with Crippen molar-refractivity contribution in [1.29, 1.82) is 0 Å². The third kappa shape index (κ3) is 3.58. The average Bonchev–Trinajstić information content (AvgIpc) is 2.60. The van der Waals surface area contributed by atoms with Gasteiger partial charge in [0.25, 0.3) is 0 Å². The van der Waals surface area contributed by atoms with Crippen molar-refractivity contribution in [1.82, 2.24) is 4.98 Å². The molecule has 1 aromatic heterocycles. The van der Waals surface area contributed by atoms with Gasteiger partial charge in [-0.05, 0) is 5.92 Å². The van der Waals surface area contributed by atoms with Gasteiger partial charge in [0.1, 0.15) is 10.9 Å². The largest absolute Gasteiger partial charge is 0.480 e. The van der Waals surface area contributed by atoms with Crippen LogP contribution >= 0.6 is 11.3 Å². The minimum absolute atomic E-state index is 0.0431. The number of hydrogen-bond donors (Lipinski definition) is 2. The van der Waals surface area contributed by atoms with Gasteiger partial charge in [0.2, 0.25) is 0 Å². The first-order chi connectivity index (χ1) is 7.71.